The Morgan fingerprint density at radius 3 is 2.56 bits per heavy atom. The number of benzene rings is 2. The molecular weight excluding hydrogens is 344 g/mol. The fraction of sp³-hybridized carbons (Fsp3) is 0.0952. The number of rotatable bonds is 4. The number of barbiturate groups is 1. The van der Waals surface area contributed by atoms with Crippen molar-refractivity contribution in [3.8, 4) is 18.1 Å². The maximum atomic E-state index is 12.9. The van der Waals surface area contributed by atoms with E-state index in [0.717, 1.165) is 10.5 Å². The molecule has 0 atom stereocenters. The largest absolute Gasteiger partial charge is 0.480 e. The standard InChI is InChI=1S/C21H16N2O4/c1-3-12-27-18-11-7-5-9-15(18)13-16-19(24)22-21(26)23(20(16)25)17-10-6-4-8-14(17)2/h1,4-11,13H,12H2,2H3,(H,22,24,26)/b16-13+. The molecule has 0 saturated carbocycles. The summed E-state index contributed by atoms with van der Waals surface area (Å²) in [5.74, 6) is 1.33. The number of amides is 4. The first-order valence-electron chi connectivity index (χ1n) is 8.15. The number of carbonyl (C=O) groups excluding carboxylic acids is 3. The number of imide groups is 2. The molecule has 0 aliphatic carbocycles. The number of nitrogens with one attached hydrogen (secondary N) is 1. The second-order valence-electron chi connectivity index (χ2n) is 5.77. The summed E-state index contributed by atoms with van der Waals surface area (Å²) in [6.45, 7) is 1.83. The zero-order chi connectivity index (χ0) is 19.4. The molecule has 3 rings (SSSR count). The molecule has 27 heavy (non-hydrogen) atoms. The Kier molecular flexibility index (Phi) is 5.04. The smallest absolute Gasteiger partial charge is 0.335 e. The maximum Gasteiger partial charge on any atom is 0.335 e. The molecule has 6 nitrogen and oxygen atoms in total. The average Bonchev–Trinajstić information content (AvgIpc) is 2.65. The lowest BCUT2D eigenvalue weighted by atomic mass is 10.1. The van der Waals surface area contributed by atoms with E-state index >= 15 is 0 Å². The van der Waals surface area contributed by atoms with Crippen LogP contribution in [0, 0.1) is 19.3 Å². The number of ether oxygens (including phenoxy) is 1. The van der Waals surface area contributed by atoms with Crippen molar-refractivity contribution in [1.29, 1.82) is 0 Å². The number of terminal acetylenes is 1. The van der Waals surface area contributed by atoms with Gasteiger partial charge in [0.25, 0.3) is 11.8 Å². The van der Waals surface area contributed by atoms with Crippen molar-refractivity contribution in [3.63, 3.8) is 0 Å². The van der Waals surface area contributed by atoms with E-state index in [2.05, 4.69) is 11.2 Å². The summed E-state index contributed by atoms with van der Waals surface area (Å²) < 4.78 is 5.45. The van der Waals surface area contributed by atoms with Crippen molar-refractivity contribution in [1.82, 2.24) is 5.32 Å². The van der Waals surface area contributed by atoms with Crippen LogP contribution in [-0.4, -0.2) is 24.5 Å². The number of anilines is 1. The Morgan fingerprint density at radius 1 is 1.11 bits per heavy atom. The zero-order valence-electron chi connectivity index (χ0n) is 14.6. The van der Waals surface area contributed by atoms with Crippen LogP contribution < -0.4 is 15.0 Å². The van der Waals surface area contributed by atoms with Gasteiger partial charge in [0.05, 0.1) is 5.69 Å². The van der Waals surface area contributed by atoms with Gasteiger partial charge in [-0.2, -0.15) is 0 Å². The minimum Gasteiger partial charge on any atom is -0.480 e. The second kappa shape index (κ2) is 7.58. The molecule has 0 bridgehead atoms. The van der Waals surface area contributed by atoms with Crippen LogP contribution in [-0.2, 0) is 9.59 Å². The van der Waals surface area contributed by atoms with Gasteiger partial charge in [0.2, 0.25) is 0 Å². The van der Waals surface area contributed by atoms with Crippen molar-refractivity contribution in [3.05, 3.63) is 65.2 Å². The number of para-hydroxylation sites is 2. The van der Waals surface area contributed by atoms with E-state index in [1.807, 2.05) is 0 Å². The number of hydrogen-bond donors (Lipinski definition) is 1. The van der Waals surface area contributed by atoms with Gasteiger partial charge in [0.15, 0.2) is 0 Å². The molecule has 4 amide bonds. The van der Waals surface area contributed by atoms with Gasteiger partial charge >= 0.3 is 6.03 Å². The quantitative estimate of drug-likeness (QED) is 0.517. The van der Waals surface area contributed by atoms with Crippen LogP contribution in [0.3, 0.4) is 0 Å². The van der Waals surface area contributed by atoms with Crippen LogP contribution in [0.4, 0.5) is 10.5 Å². The van der Waals surface area contributed by atoms with Gasteiger partial charge in [-0.25, -0.2) is 9.69 Å². The Balaban J connectivity index is 2.03. The lowest BCUT2D eigenvalue weighted by molar-refractivity contribution is -0.122. The Labute approximate surface area is 156 Å². The predicted molar refractivity (Wildman–Crippen MR) is 101 cm³/mol. The number of nitrogens with zero attached hydrogens (tertiary/aromatic N) is 1. The molecule has 0 radical (unpaired) electrons. The van der Waals surface area contributed by atoms with E-state index in [0.29, 0.717) is 17.0 Å². The van der Waals surface area contributed by atoms with Crippen LogP contribution in [0.15, 0.2) is 54.1 Å². The molecule has 2 aromatic rings. The third kappa shape index (κ3) is 3.58. The minimum absolute atomic E-state index is 0.0498. The van der Waals surface area contributed by atoms with E-state index in [4.69, 9.17) is 11.2 Å². The highest BCUT2D eigenvalue weighted by atomic mass is 16.5. The van der Waals surface area contributed by atoms with E-state index < -0.39 is 17.8 Å². The zero-order valence-corrected chi connectivity index (χ0v) is 14.6. The molecule has 1 saturated heterocycles. The van der Waals surface area contributed by atoms with Crippen LogP contribution in [0.25, 0.3) is 6.08 Å². The Morgan fingerprint density at radius 2 is 1.81 bits per heavy atom. The number of carbonyl (C=O) groups is 3. The Hall–Kier alpha value is -3.85. The fourth-order valence-corrected chi connectivity index (χ4v) is 2.70. The number of hydrogen-bond acceptors (Lipinski definition) is 4. The molecule has 134 valence electrons. The van der Waals surface area contributed by atoms with Crippen molar-refractivity contribution >= 4 is 29.6 Å². The molecule has 1 N–H and O–H groups in total. The van der Waals surface area contributed by atoms with Crippen molar-refractivity contribution in [2.45, 2.75) is 6.92 Å². The SMILES string of the molecule is C#CCOc1ccccc1/C=C1\C(=O)NC(=O)N(c2ccccc2C)C1=O. The van der Waals surface area contributed by atoms with Gasteiger partial charge in [-0.05, 0) is 30.7 Å². The summed E-state index contributed by atoms with van der Waals surface area (Å²) in [6, 6.07) is 13.0. The molecule has 1 fully saturated rings. The van der Waals surface area contributed by atoms with Crippen molar-refractivity contribution in [2.75, 3.05) is 11.5 Å². The van der Waals surface area contributed by atoms with Crippen LogP contribution in [0.5, 0.6) is 5.75 Å². The van der Waals surface area contributed by atoms with E-state index in [9.17, 15) is 14.4 Å². The van der Waals surface area contributed by atoms with E-state index in [1.54, 1.807) is 55.5 Å². The highest BCUT2D eigenvalue weighted by Gasteiger charge is 2.37. The molecule has 0 aromatic heterocycles. The lowest BCUT2D eigenvalue weighted by Gasteiger charge is -2.27. The monoisotopic (exact) mass is 360 g/mol. The summed E-state index contributed by atoms with van der Waals surface area (Å²) in [5, 5.41) is 2.20. The first-order valence-corrected chi connectivity index (χ1v) is 8.15. The highest BCUT2D eigenvalue weighted by molar-refractivity contribution is 6.39. The average molecular weight is 360 g/mol. The minimum atomic E-state index is -0.784. The van der Waals surface area contributed by atoms with Gasteiger partial charge in [0.1, 0.15) is 17.9 Å². The molecule has 1 aliphatic heterocycles. The molecule has 0 spiro atoms. The molecule has 1 heterocycles. The van der Waals surface area contributed by atoms with Gasteiger partial charge in [0, 0.05) is 5.56 Å². The van der Waals surface area contributed by atoms with E-state index in [-0.39, 0.29) is 12.2 Å². The Bertz CT molecular complexity index is 1000. The van der Waals surface area contributed by atoms with Gasteiger partial charge in [-0.1, -0.05) is 42.3 Å². The van der Waals surface area contributed by atoms with E-state index in [1.165, 1.54) is 6.08 Å². The summed E-state index contributed by atoms with van der Waals surface area (Å²) in [6.07, 6.45) is 6.60. The molecule has 6 heteroatoms. The second-order valence-corrected chi connectivity index (χ2v) is 5.77. The lowest BCUT2D eigenvalue weighted by Crippen LogP contribution is -2.54. The molecule has 2 aromatic carbocycles. The molecular formula is C21H16N2O4. The van der Waals surface area contributed by atoms with Gasteiger partial charge in [-0.3, -0.25) is 14.9 Å². The van der Waals surface area contributed by atoms with Gasteiger partial charge in [-0.15, -0.1) is 6.42 Å². The summed E-state index contributed by atoms with van der Waals surface area (Å²) in [4.78, 5) is 38.4. The predicted octanol–water partition coefficient (Wildman–Crippen LogP) is 2.67. The summed E-state index contributed by atoms with van der Waals surface area (Å²) in [7, 11) is 0. The normalized spacial score (nSPS) is 15.5. The molecule has 0 unspecified atom stereocenters. The maximum absolute atomic E-state index is 12.9. The topological polar surface area (TPSA) is 75.7 Å². The summed E-state index contributed by atoms with van der Waals surface area (Å²) in [5.41, 5.74) is 1.47. The summed E-state index contributed by atoms with van der Waals surface area (Å²) >= 11 is 0. The third-order valence-corrected chi connectivity index (χ3v) is 3.99. The van der Waals surface area contributed by atoms with Crippen molar-refractivity contribution < 1.29 is 19.1 Å². The van der Waals surface area contributed by atoms with Crippen LogP contribution in [0.1, 0.15) is 11.1 Å². The number of aryl methyl sites for hydroxylation is 1. The first-order chi connectivity index (χ1) is 13.0. The number of urea groups is 1. The highest BCUT2D eigenvalue weighted by Crippen LogP contribution is 2.27. The van der Waals surface area contributed by atoms with Crippen molar-refractivity contribution in [2.24, 2.45) is 0 Å². The first kappa shape index (κ1) is 18.0. The molecule has 1 aliphatic rings. The fourth-order valence-electron chi connectivity index (χ4n) is 2.70. The third-order valence-electron chi connectivity index (χ3n) is 3.99. The van der Waals surface area contributed by atoms with Gasteiger partial charge < -0.3 is 4.74 Å². The van der Waals surface area contributed by atoms with Crippen LogP contribution in [0.2, 0.25) is 0 Å². The van der Waals surface area contributed by atoms with Crippen LogP contribution >= 0.6 is 0 Å².